The van der Waals surface area contributed by atoms with E-state index < -0.39 is 11.4 Å². The Labute approximate surface area is 74.6 Å². The molecule has 3 nitrogen and oxygen atoms in total. The lowest BCUT2D eigenvalue weighted by Crippen LogP contribution is -2.27. The first-order valence-electron chi connectivity index (χ1n) is 3.50. The largest absolute Gasteiger partial charge is 0.304 e. The fourth-order valence-electron chi connectivity index (χ4n) is 0.804. The van der Waals surface area contributed by atoms with Crippen molar-refractivity contribution in [2.24, 2.45) is 0 Å². The lowest BCUT2D eigenvalue weighted by molar-refractivity contribution is 0.455. The Bertz CT molecular complexity index is 348. The van der Waals surface area contributed by atoms with Crippen LogP contribution in [0.2, 0.25) is 0 Å². The van der Waals surface area contributed by atoms with Crippen LogP contribution >= 0.6 is 12.6 Å². The van der Waals surface area contributed by atoms with E-state index in [2.05, 4.69) is 17.7 Å². The molecule has 1 aromatic heterocycles. The van der Waals surface area contributed by atoms with Gasteiger partial charge in [-0.3, -0.25) is 4.79 Å². The molecule has 0 aliphatic carbocycles. The monoisotopic (exact) mass is 188 g/mol. The fourth-order valence-corrected chi connectivity index (χ4v) is 0.951. The Kier molecular flexibility index (Phi) is 2.52. The van der Waals surface area contributed by atoms with Crippen LogP contribution in [0.5, 0.6) is 0 Å². The van der Waals surface area contributed by atoms with E-state index in [9.17, 15) is 9.18 Å². The molecular formula is C7H9FN2OS. The summed E-state index contributed by atoms with van der Waals surface area (Å²) >= 11 is 3.73. The van der Waals surface area contributed by atoms with E-state index in [0.29, 0.717) is 0 Å². The second kappa shape index (κ2) is 3.26. The summed E-state index contributed by atoms with van der Waals surface area (Å²) in [5, 5.41) is 3.73. The van der Waals surface area contributed by atoms with E-state index in [-0.39, 0.29) is 10.9 Å². The van der Waals surface area contributed by atoms with Crippen molar-refractivity contribution in [2.75, 3.05) is 0 Å². The van der Waals surface area contributed by atoms with E-state index in [1.54, 1.807) is 13.8 Å². The lowest BCUT2D eigenvalue weighted by Gasteiger charge is -2.07. The minimum Gasteiger partial charge on any atom is -0.264 e. The first kappa shape index (κ1) is 9.25. The van der Waals surface area contributed by atoms with E-state index in [1.807, 2.05) is 0 Å². The number of hydrogen-bond donors (Lipinski definition) is 1. The Morgan fingerprint density at radius 1 is 1.67 bits per heavy atom. The zero-order chi connectivity index (χ0) is 9.30. The van der Waals surface area contributed by atoms with Crippen molar-refractivity contribution in [3.63, 3.8) is 0 Å². The van der Waals surface area contributed by atoms with E-state index in [4.69, 9.17) is 0 Å². The van der Waals surface area contributed by atoms with Crippen molar-refractivity contribution in [1.29, 1.82) is 0 Å². The third kappa shape index (κ3) is 1.50. The number of nitrogens with zero attached hydrogens (tertiary/aromatic N) is 2. The summed E-state index contributed by atoms with van der Waals surface area (Å²) in [6, 6.07) is -0.138. The van der Waals surface area contributed by atoms with Crippen molar-refractivity contribution in [2.45, 2.75) is 24.8 Å². The molecule has 12 heavy (non-hydrogen) atoms. The molecule has 0 atom stereocenters. The Morgan fingerprint density at radius 3 is 2.75 bits per heavy atom. The van der Waals surface area contributed by atoms with Crippen molar-refractivity contribution < 1.29 is 4.39 Å². The minimum absolute atomic E-state index is 0.0168. The predicted octanol–water partition coefficient (Wildman–Crippen LogP) is 1.25. The molecule has 0 aliphatic heterocycles. The second-order valence-corrected chi connectivity index (χ2v) is 3.17. The number of rotatable bonds is 1. The standard InChI is InChI=1S/C7H9FN2OS/c1-4(2)10-7(11)6(8)5(12)3-9-10/h3-4,12H,1-2H3. The van der Waals surface area contributed by atoms with Gasteiger partial charge in [0.15, 0.2) is 0 Å². The Morgan fingerprint density at radius 2 is 2.25 bits per heavy atom. The van der Waals surface area contributed by atoms with Crippen LogP contribution in [0, 0.1) is 5.82 Å². The summed E-state index contributed by atoms with van der Waals surface area (Å²) in [7, 11) is 0. The highest BCUT2D eigenvalue weighted by molar-refractivity contribution is 7.80. The molecule has 0 fully saturated rings. The van der Waals surface area contributed by atoms with Crippen molar-refractivity contribution >= 4 is 12.6 Å². The normalized spacial score (nSPS) is 10.8. The first-order valence-corrected chi connectivity index (χ1v) is 3.95. The maximum atomic E-state index is 12.9. The van der Waals surface area contributed by atoms with Gasteiger partial charge in [-0.2, -0.15) is 9.49 Å². The number of thiol groups is 1. The summed E-state index contributed by atoms with van der Waals surface area (Å²) in [6.45, 7) is 3.51. The molecule has 66 valence electrons. The van der Waals surface area contributed by atoms with E-state index in [1.165, 1.54) is 6.20 Å². The molecule has 5 heteroatoms. The summed E-state index contributed by atoms with van der Waals surface area (Å²) in [5.41, 5.74) is -0.725. The third-order valence-electron chi connectivity index (χ3n) is 1.41. The molecule has 0 spiro atoms. The summed E-state index contributed by atoms with van der Waals surface area (Å²) < 4.78 is 14.0. The number of hydrogen-bond acceptors (Lipinski definition) is 3. The molecule has 0 saturated heterocycles. The van der Waals surface area contributed by atoms with Gasteiger partial charge < -0.3 is 0 Å². The first-order chi connectivity index (χ1) is 5.54. The van der Waals surface area contributed by atoms with Crippen LogP contribution in [0.4, 0.5) is 4.39 Å². The molecule has 0 aromatic carbocycles. The fraction of sp³-hybridized carbons (Fsp3) is 0.429. The highest BCUT2D eigenvalue weighted by atomic mass is 32.1. The van der Waals surface area contributed by atoms with Gasteiger partial charge in [-0.05, 0) is 13.8 Å². The number of halogens is 1. The van der Waals surface area contributed by atoms with Crippen LogP contribution in [0.15, 0.2) is 15.9 Å². The average molecular weight is 188 g/mol. The molecule has 0 radical (unpaired) electrons. The van der Waals surface area contributed by atoms with Crippen LogP contribution in [0.25, 0.3) is 0 Å². The predicted molar refractivity (Wildman–Crippen MR) is 46.1 cm³/mol. The Hall–Kier alpha value is -0.840. The maximum absolute atomic E-state index is 12.9. The molecule has 0 unspecified atom stereocenters. The molecule has 0 amide bonds. The van der Waals surface area contributed by atoms with Crippen LogP contribution in [-0.4, -0.2) is 9.78 Å². The van der Waals surface area contributed by atoms with Gasteiger partial charge in [-0.1, -0.05) is 0 Å². The van der Waals surface area contributed by atoms with Gasteiger partial charge >= 0.3 is 5.56 Å². The maximum Gasteiger partial charge on any atom is 0.304 e. The molecule has 0 N–H and O–H groups in total. The van der Waals surface area contributed by atoms with Gasteiger partial charge in [-0.25, -0.2) is 4.68 Å². The molecule has 0 saturated carbocycles. The minimum atomic E-state index is -0.845. The molecule has 1 heterocycles. The summed E-state index contributed by atoms with van der Waals surface area (Å²) in [5.74, 6) is -0.845. The average Bonchev–Trinajstić information content (AvgIpc) is 2.00. The highest BCUT2D eigenvalue weighted by Gasteiger charge is 2.09. The second-order valence-electron chi connectivity index (χ2n) is 2.69. The Balaban J connectivity index is 3.37. The SMILES string of the molecule is CC(C)n1ncc(S)c(F)c1=O. The number of aromatic nitrogens is 2. The van der Waals surface area contributed by atoms with Crippen molar-refractivity contribution in [3.8, 4) is 0 Å². The van der Waals surface area contributed by atoms with E-state index >= 15 is 0 Å². The van der Waals surface area contributed by atoms with Gasteiger partial charge in [-0.15, -0.1) is 12.6 Å². The van der Waals surface area contributed by atoms with Gasteiger partial charge in [0.1, 0.15) is 0 Å². The van der Waals surface area contributed by atoms with Crippen LogP contribution in [0.3, 0.4) is 0 Å². The van der Waals surface area contributed by atoms with Gasteiger partial charge in [0.05, 0.1) is 17.1 Å². The van der Waals surface area contributed by atoms with Crippen molar-refractivity contribution in [1.82, 2.24) is 9.78 Å². The zero-order valence-corrected chi connectivity index (χ0v) is 7.68. The molecule has 1 aromatic rings. The quantitative estimate of drug-likeness (QED) is 0.673. The molecular weight excluding hydrogens is 179 g/mol. The zero-order valence-electron chi connectivity index (χ0n) is 6.78. The molecule has 0 aliphatic rings. The highest BCUT2D eigenvalue weighted by Crippen LogP contribution is 2.06. The lowest BCUT2D eigenvalue weighted by atomic mass is 10.4. The van der Waals surface area contributed by atoms with Crippen LogP contribution < -0.4 is 5.56 Å². The van der Waals surface area contributed by atoms with Crippen molar-refractivity contribution in [3.05, 3.63) is 22.4 Å². The summed E-state index contributed by atoms with van der Waals surface area (Å²) in [6.07, 6.45) is 1.22. The molecule has 0 bridgehead atoms. The van der Waals surface area contributed by atoms with E-state index in [0.717, 1.165) is 4.68 Å². The summed E-state index contributed by atoms with van der Waals surface area (Å²) in [4.78, 5) is 11.1. The third-order valence-corrected chi connectivity index (χ3v) is 1.73. The van der Waals surface area contributed by atoms with Gasteiger partial charge in [0.2, 0.25) is 5.82 Å². The topological polar surface area (TPSA) is 34.9 Å². The molecule has 1 rings (SSSR count). The smallest absolute Gasteiger partial charge is 0.264 e. The van der Waals surface area contributed by atoms with Gasteiger partial charge in [0.25, 0.3) is 0 Å². The van der Waals surface area contributed by atoms with Gasteiger partial charge in [0, 0.05) is 0 Å². The van der Waals surface area contributed by atoms with Crippen LogP contribution in [0.1, 0.15) is 19.9 Å². The van der Waals surface area contributed by atoms with Crippen LogP contribution in [-0.2, 0) is 0 Å².